The molecule has 1 fully saturated rings. The lowest BCUT2D eigenvalue weighted by Gasteiger charge is -2.27. The number of rotatable bonds is 5. The number of carbonyl (C=O) groups is 1. The molecule has 28 heavy (non-hydrogen) atoms. The number of benzene rings is 2. The molecule has 5 heteroatoms. The molecule has 2 aromatic carbocycles. The van der Waals surface area contributed by atoms with E-state index in [1.807, 2.05) is 43.3 Å². The van der Waals surface area contributed by atoms with Crippen molar-refractivity contribution in [2.75, 3.05) is 26.3 Å². The second kappa shape index (κ2) is 8.50. The van der Waals surface area contributed by atoms with E-state index in [0.717, 1.165) is 55.0 Å². The summed E-state index contributed by atoms with van der Waals surface area (Å²) in [6, 6.07) is 17.9. The summed E-state index contributed by atoms with van der Waals surface area (Å²) in [4.78, 5) is 19.8. The summed E-state index contributed by atoms with van der Waals surface area (Å²) in [7, 11) is 0. The maximum absolute atomic E-state index is 12.9. The van der Waals surface area contributed by atoms with Gasteiger partial charge in [-0.15, -0.1) is 0 Å². The number of amides is 1. The van der Waals surface area contributed by atoms with Crippen LogP contribution in [0.1, 0.15) is 27.2 Å². The van der Waals surface area contributed by atoms with Crippen molar-refractivity contribution < 1.29 is 9.53 Å². The monoisotopic (exact) mass is 375 g/mol. The second-order valence-corrected chi connectivity index (χ2v) is 7.17. The lowest BCUT2D eigenvalue weighted by molar-refractivity contribution is 0.0340. The predicted molar refractivity (Wildman–Crippen MR) is 110 cm³/mol. The van der Waals surface area contributed by atoms with Gasteiger partial charge < -0.3 is 10.1 Å². The van der Waals surface area contributed by atoms with Crippen molar-refractivity contribution in [1.82, 2.24) is 15.2 Å². The van der Waals surface area contributed by atoms with Gasteiger partial charge in [-0.05, 0) is 30.2 Å². The number of nitrogens with one attached hydrogen (secondary N) is 1. The Balaban J connectivity index is 1.50. The van der Waals surface area contributed by atoms with Crippen LogP contribution >= 0.6 is 0 Å². The Morgan fingerprint density at radius 1 is 1.07 bits per heavy atom. The highest BCUT2D eigenvalue weighted by molar-refractivity contribution is 6.06. The SMILES string of the molecule is Cc1cc(C(=O)NCc2ccccc2CN2CCOCC2)c2ccccc2n1. The molecule has 2 heterocycles. The molecule has 0 spiro atoms. The van der Waals surface area contributed by atoms with Crippen molar-refractivity contribution in [1.29, 1.82) is 0 Å². The van der Waals surface area contributed by atoms with Crippen LogP contribution in [0.15, 0.2) is 54.6 Å². The highest BCUT2D eigenvalue weighted by Gasteiger charge is 2.15. The third-order valence-corrected chi connectivity index (χ3v) is 5.14. The third-order valence-electron chi connectivity index (χ3n) is 5.14. The Hall–Kier alpha value is -2.76. The molecule has 1 N–H and O–H groups in total. The minimum absolute atomic E-state index is 0.0668. The van der Waals surface area contributed by atoms with E-state index in [1.165, 1.54) is 5.56 Å². The molecular weight excluding hydrogens is 350 g/mol. The fourth-order valence-electron chi connectivity index (χ4n) is 3.65. The van der Waals surface area contributed by atoms with Gasteiger partial charge in [-0.1, -0.05) is 42.5 Å². The van der Waals surface area contributed by atoms with Gasteiger partial charge in [0.05, 0.1) is 24.3 Å². The number of aromatic nitrogens is 1. The molecular formula is C23H25N3O2. The molecule has 0 saturated carbocycles. The first-order chi connectivity index (χ1) is 13.7. The number of morpholine rings is 1. The Morgan fingerprint density at radius 3 is 2.61 bits per heavy atom. The van der Waals surface area contributed by atoms with Crippen LogP contribution in [0.25, 0.3) is 10.9 Å². The quantitative estimate of drug-likeness (QED) is 0.743. The van der Waals surface area contributed by atoms with E-state index in [2.05, 4.69) is 33.4 Å². The number of aryl methyl sites for hydroxylation is 1. The van der Waals surface area contributed by atoms with Gasteiger partial charge in [0.2, 0.25) is 0 Å². The fraction of sp³-hybridized carbons (Fsp3) is 0.304. The molecule has 0 bridgehead atoms. The van der Waals surface area contributed by atoms with Crippen LogP contribution in [0.2, 0.25) is 0 Å². The molecule has 3 aromatic rings. The molecule has 1 aromatic heterocycles. The first-order valence-electron chi connectivity index (χ1n) is 9.72. The molecule has 0 radical (unpaired) electrons. The van der Waals surface area contributed by atoms with E-state index in [-0.39, 0.29) is 5.91 Å². The zero-order valence-corrected chi connectivity index (χ0v) is 16.1. The summed E-state index contributed by atoms with van der Waals surface area (Å²) in [5.74, 6) is -0.0668. The molecule has 1 aliphatic heterocycles. The standard InChI is InChI=1S/C23H25N3O2/c1-17-14-21(20-8-4-5-9-22(20)25-17)23(27)24-15-18-6-2-3-7-19(18)16-26-10-12-28-13-11-26/h2-9,14H,10-13,15-16H2,1H3,(H,24,27). The largest absolute Gasteiger partial charge is 0.379 e. The van der Waals surface area contributed by atoms with E-state index in [4.69, 9.17) is 4.74 Å². The number of pyridine rings is 1. The first kappa shape index (κ1) is 18.6. The van der Waals surface area contributed by atoms with Gasteiger partial charge in [0.15, 0.2) is 0 Å². The van der Waals surface area contributed by atoms with Crippen LogP contribution in [0.5, 0.6) is 0 Å². The Labute approximate surface area is 165 Å². The lowest BCUT2D eigenvalue weighted by atomic mass is 10.1. The van der Waals surface area contributed by atoms with Crippen LogP contribution in [0, 0.1) is 6.92 Å². The lowest BCUT2D eigenvalue weighted by Crippen LogP contribution is -2.36. The van der Waals surface area contributed by atoms with Crippen LogP contribution in [-0.2, 0) is 17.8 Å². The highest BCUT2D eigenvalue weighted by Crippen LogP contribution is 2.19. The van der Waals surface area contributed by atoms with Crippen LogP contribution in [-0.4, -0.2) is 42.1 Å². The average Bonchev–Trinajstić information content (AvgIpc) is 2.73. The van der Waals surface area contributed by atoms with E-state index in [1.54, 1.807) is 0 Å². The van der Waals surface area contributed by atoms with E-state index in [9.17, 15) is 4.79 Å². The fourth-order valence-corrected chi connectivity index (χ4v) is 3.65. The summed E-state index contributed by atoms with van der Waals surface area (Å²) in [6.07, 6.45) is 0. The van der Waals surface area contributed by atoms with Crippen LogP contribution in [0.3, 0.4) is 0 Å². The Bertz CT molecular complexity index is 980. The van der Waals surface area contributed by atoms with Gasteiger partial charge in [-0.3, -0.25) is 14.7 Å². The van der Waals surface area contributed by atoms with E-state index < -0.39 is 0 Å². The third kappa shape index (κ3) is 4.21. The zero-order chi connectivity index (χ0) is 19.3. The van der Waals surface area contributed by atoms with Crippen molar-refractivity contribution in [3.8, 4) is 0 Å². The maximum atomic E-state index is 12.9. The molecule has 1 saturated heterocycles. The first-order valence-corrected chi connectivity index (χ1v) is 9.72. The average molecular weight is 375 g/mol. The molecule has 0 atom stereocenters. The molecule has 0 unspecified atom stereocenters. The van der Waals surface area contributed by atoms with Gasteiger partial charge in [0.1, 0.15) is 0 Å². The summed E-state index contributed by atoms with van der Waals surface area (Å²) in [5.41, 5.74) is 4.77. The zero-order valence-electron chi connectivity index (χ0n) is 16.1. The van der Waals surface area contributed by atoms with E-state index in [0.29, 0.717) is 12.1 Å². The molecule has 5 nitrogen and oxygen atoms in total. The van der Waals surface area contributed by atoms with Gasteiger partial charge in [0, 0.05) is 37.3 Å². The minimum Gasteiger partial charge on any atom is -0.379 e. The summed E-state index contributed by atoms with van der Waals surface area (Å²) in [6.45, 7) is 6.77. The number of carbonyl (C=O) groups excluding carboxylic acids is 1. The van der Waals surface area contributed by atoms with E-state index >= 15 is 0 Å². The normalized spacial score (nSPS) is 14.9. The smallest absolute Gasteiger partial charge is 0.252 e. The summed E-state index contributed by atoms with van der Waals surface area (Å²) in [5, 5.41) is 3.98. The predicted octanol–water partition coefficient (Wildman–Crippen LogP) is 3.31. The number of hydrogen-bond donors (Lipinski definition) is 1. The molecule has 4 rings (SSSR count). The number of fused-ring (bicyclic) bond motifs is 1. The van der Waals surface area contributed by atoms with Crippen molar-refractivity contribution in [3.05, 3.63) is 77.0 Å². The number of hydrogen-bond acceptors (Lipinski definition) is 4. The minimum atomic E-state index is -0.0668. The molecule has 144 valence electrons. The topological polar surface area (TPSA) is 54.5 Å². The molecule has 1 amide bonds. The summed E-state index contributed by atoms with van der Waals surface area (Å²) >= 11 is 0. The molecule has 0 aliphatic carbocycles. The van der Waals surface area contributed by atoms with Gasteiger partial charge in [-0.25, -0.2) is 0 Å². The number of nitrogens with zero attached hydrogens (tertiary/aromatic N) is 2. The van der Waals surface area contributed by atoms with Gasteiger partial charge in [0.25, 0.3) is 5.91 Å². The maximum Gasteiger partial charge on any atom is 0.252 e. The van der Waals surface area contributed by atoms with Crippen molar-refractivity contribution in [3.63, 3.8) is 0 Å². The number of ether oxygens (including phenoxy) is 1. The highest BCUT2D eigenvalue weighted by atomic mass is 16.5. The second-order valence-electron chi connectivity index (χ2n) is 7.17. The van der Waals surface area contributed by atoms with Crippen molar-refractivity contribution in [2.24, 2.45) is 0 Å². The van der Waals surface area contributed by atoms with Gasteiger partial charge >= 0.3 is 0 Å². The van der Waals surface area contributed by atoms with Crippen molar-refractivity contribution >= 4 is 16.8 Å². The molecule has 1 aliphatic rings. The van der Waals surface area contributed by atoms with Crippen LogP contribution in [0.4, 0.5) is 0 Å². The summed E-state index contributed by atoms with van der Waals surface area (Å²) < 4.78 is 5.44. The van der Waals surface area contributed by atoms with Crippen molar-refractivity contribution in [2.45, 2.75) is 20.0 Å². The van der Waals surface area contributed by atoms with Gasteiger partial charge in [-0.2, -0.15) is 0 Å². The Kier molecular flexibility index (Phi) is 5.65. The van der Waals surface area contributed by atoms with Crippen LogP contribution < -0.4 is 5.32 Å². The number of para-hydroxylation sites is 1. The Morgan fingerprint density at radius 2 is 1.79 bits per heavy atom.